The first-order valence-electron chi connectivity index (χ1n) is 8.45. The molecule has 1 aliphatic rings. The van der Waals surface area contributed by atoms with Gasteiger partial charge in [0.15, 0.2) is 0 Å². The van der Waals surface area contributed by atoms with Gasteiger partial charge in [-0.25, -0.2) is 0 Å². The standard InChI is InChI=1S/C20H24N2O2/c1-15(23)21-18-9-5-6-16(12-18)13-22(19-10-11-19)14-20(24)17-7-3-2-4-8-17/h2-9,12,19-20,24H,10-11,13-14H2,1H3,(H,21,23)/t20-/m0/s1. The molecule has 1 fully saturated rings. The molecule has 1 amide bonds. The molecular weight excluding hydrogens is 300 g/mol. The van der Waals surface area contributed by atoms with E-state index >= 15 is 0 Å². The molecule has 1 saturated carbocycles. The van der Waals surface area contributed by atoms with Crippen molar-refractivity contribution >= 4 is 11.6 Å². The zero-order valence-electron chi connectivity index (χ0n) is 14.0. The van der Waals surface area contributed by atoms with Crippen molar-refractivity contribution in [3.05, 3.63) is 65.7 Å². The maximum atomic E-state index is 11.2. The van der Waals surface area contributed by atoms with Crippen LogP contribution in [0.15, 0.2) is 54.6 Å². The van der Waals surface area contributed by atoms with Crippen molar-refractivity contribution in [1.82, 2.24) is 4.90 Å². The number of carbonyl (C=O) groups is 1. The lowest BCUT2D eigenvalue weighted by molar-refractivity contribution is -0.114. The molecule has 0 bridgehead atoms. The van der Waals surface area contributed by atoms with Gasteiger partial charge in [0.05, 0.1) is 6.10 Å². The minimum absolute atomic E-state index is 0.0642. The van der Waals surface area contributed by atoms with Gasteiger partial charge in [0, 0.05) is 31.7 Å². The van der Waals surface area contributed by atoms with E-state index in [1.165, 1.54) is 19.8 Å². The van der Waals surface area contributed by atoms with E-state index in [2.05, 4.69) is 16.3 Å². The highest BCUT2D eigenvalue weighted by molar-refractivity contribution is 5.88. The predicted molar refractivity (Wildman–Crippen MR) is 95.6 cm³/mol. The molecule has 2 aromatic rings. The van der Waals surface area contributed by atoms with Gasteiger partial charge in [-0.1, -0.05) is 42.5 Å². The molecule has 0 aromatic heterocycles. The van der Waals surface area contributed by atoms with Crippen LogP contribution in [0, 0.1) is 0 Å². The van der Waals surface area contributed by atoms with Crippen LogP contribution in [0.25, 0.3) is 0 Å². The van der Waals surface area contributed by atoms with E-state index in [1.807, 2.05) is 48.5 Å². The van der Waals surface area contributed by atoms with E-state index in [4.69, 9.17) is 0 Å². The summed E-state index contributed by atoms with van der Waals surface area (Å²) in [4.78, 5) is 13.6. The number of amides is 1. The Labute approximate surface area is 143 Å². The number of rotatable bonds is 7. The Morgan fingerprint density at radius 3 is 2.62 bits per heavy atom. The second-order valence-corrected chi connectivity index (χ2v) is 6.47. The summed E-state index contributed by atoms with van der Waals surface area (Å²) in [7, 11) is 0. The Morgan fingerprint density at radius 1 is 1.21 bits per heavy atom. The van der Waals surface area contributed by atoms with E-state index in [0.29, 0.717) is 12.6 Å². The summed E-state index contributed by atoms with van der Waals surface area (Å²) >= 11 is 0. The highest BCUT2D eigenvalue weighted by Crippen LogP contribution is 2.30. The minimum atomic E-state index is -0.481. The van der Waals surface area contributed by atoms with Gasteiger partial charge in [0.25, 0.3) is 0 Å². The monoisotopic (exact) mass is 324 g/mol. The maximum Gasteiger partial charge on any atom is 0.221 e. The minimum Gasteiger partial charge on any atom is -0.387 e. The summed E-state index contributed by atoms with van der Waals surface area (Å²) in [6, 6.07) is 18.3. The van der Waals surface area contributed by atoms with Crippen LogP contribution in [0.4, 0.5) is 5.69 Å². The molecule has 0 radical (unpaired) electrons. The van der Waals surface area contributed by atoms with Crippen molar-refractivity contribution in [3.8, 4) is 0 Å². The van der Waals surface area contributed by atoms with Crippen molar-refractivity contribution < 1.29 is 9.90 Å². The van der Waals surface area contributed by atoms with Crippen LogP contribution in [0.2, 0.25) is 0 Å². The zero-order valence-corrected chi connectivity index (χ0v) is 14.0. The van der Waals surface area contributed by atoms with Crippen LogP contribution in [0.5, 0.6) is 0 Å². The fourth-order valence-electron chi connectivity index (χ4n) is 2.97. The maximum absolute atomic E-state index is 11.2. The third-order valence-corrected chi connectivity index (χ3v) is 4.29. The lowest BCUT2D eigenvalue weighted by Gasteiger charge is -2.25. The second-order valence-electron chi connectivity index (χ2n) is 6.47. The van der Waals surface area contributed by atoms with E-state index in [1.54, 1.807) is 0 Å². The Kier molecular flexibility index (Phi) is 5.28. The average molecular weight is 324 g/mol. The number of aliphatic hydroxyl groups excluding tert-OH is 1. The van der Waals surface area contributed by atoms with Crippen molar-refractivity contribution in [1.29, 1.82) is 0 Å². The van der Waals surface area contributed by atoms with Crippen molar-refractivity contribution in [2.75, 3.05) is 11.9 Å². The van der Waals surface area contributed by atoms with Gasteiger partial charge in [0.2, 0.25) is 5.91 Å². The quantitative estimate of drug-likeness (QED) is 0.821. The molecule has 3 rings (SSSR count). The number of nitrogens with one attached hydrogen (secondary N) is 1. The summed E-state index contributed by atoms with van der Waals surface area (Å²) < 4.78 is 0. The molecule has 0 spiro atoms. The lowest BCUT2D eigenvalue weighted by atomic mass is 10.1. The van der Waals surface area contributed by atoms with Gasteiger partial charge in [-0.3, -0.25) is 9.69 Å². The number of hydrogen-bond donors (Lipinski definition) is 2. The molecule has 1 aliphatic carbocycles. The average Bonchev–Trinajstić information content (AvgIpc) is 3.39. The highest BCUT2D eigenvalue weighted by Gasteiger charge is 2.30. The van der Waals surface area contributed by atoms with E-state index in [0.717, 1.165) is 23.4 Å². The molecule has 0 saturated heterocycles. The van der Waals surface area contributed by atoms with Crippen LogP contribution in [-0.2, 0) is 11.3 Å². The Hall–Kier alpha value is -2.17. The molecule has 1 atom stereocenters. The molecule has 4 heteroatoms. The fourth-order valence-corrected chi connectivity index (χ4v) is 2.97. The third-order valence-electron chi connectivity index (χ3n) is 4.29. The molecule has 0 heterocycles. The Bertz CT molecular complexity index is 683. The number of hydrogen-bond acceptors (Lipinski definition) is 3. The van der Waals surface area contributed by atoms with Gasteiger partial charge in [-0.15, -0.1) is 0 Å². The summed E-state index contributed by atoms with van der Waals surface area (Å²) in [5, 5.41) is 13.3. The highest BCUT2D eigenvalue weighted by atomic mass is 16.3. The number of benzene rings is 2. The fraction of sp³-hybridized carbons (Fsp3) is 0.350. The van der Waals surface area contributed by atoms with Crippen LogP contribution in [0.1, 0.15) is 37.0 Å². The van der Waals surface area contributed by atoms with Gasteiger partial charge in [-0.2, -0.15) is 0 Å². The predicted octanol–water partition coefficient (Wildman–Crippen LogP) is 3.34. The van der Waals surface area contributed by atoms with Crippen molar-refractivity contribution in [2.24, 2.45) is 0 Å². The SMILES string of the molecule is CC(=O)Nc1cccc(CN(C[C@H](O)c2ccccc2)C2CC2)c1. The normalized spacial score (nSPS) is 15.3. The lowest BCUT2D eigenvalue weighted by Crippen LogP contribution is -2.30. The molecule has 4 nitrogen and oxygen atoms in total. The smallest absolute Gasteiger partial charge is 0.221 e. The van der Waals surface area contributed by atoms with Crippen LogP contribution < -0.4 is 5.32 Å². The van der Waals surface area contributed by atoms with Gasteiger partial charge in [-0.05, 0) is 36.1 Å². The molecule has 24 heavy (non-hydrogen) atoms. The van der Waals surface area contributed by atoms with Crippen molar-refractivity contribution in [2.45, 2.75) is 38.5 Å². The van der Waals surface area contributed by atoms with Gasteiger partial charge >= 0.3 is 0 Å². The molecule has 0 aliphatic heterocycles. The Balaban J connectivity index is 1.67. The summed E-state index contributed by atoms with van der Waals surface area (Å²) in [6.07, 6.45) is 1.89. The van der Waals surface area contributed by atoms with E-state index < -0.39 is 6.10 Å². The summed E-state index contributed by atoms with van der Waals surface area (Å²) in [6.45, 7) is 2.92. The summed E-state index contributed by atoms with van der Waals surface area (Å²) in [5.74, 6) is -0.0642. The molecule has 0 unspecified atom stereocenters. The number of anilines is 1. The second kappa shape index (κ2) is 7.60. The van der Waals surface area contributed by atoms with Crippen LogP contribution >= 0.6 is 0 Å². The molecule has 126 valence electrons. The van der Waals surface area contributed by atoms with Crippen LogP contribution in [0.3, 0.4) is 0 Å². The first-order chi connectivity index (χ1) is 11.6. The van der Waals surface area contributed by atoms with Gasteiger partial charge < -0.3 is 10.4 Å². The van der Waals surface area contributed by atoms with E-state index in [9.17, 15) is 9.90 Å². The van der Waals surface area contributed by atoms with Crippen molar-refractivity contribution in [3.63, 3.8) is 0 Å². The molecule has 2 aromatic carbocycles. The number of nitrogens with zero attached hydrogens (tertiary/aromatic N) is 1. The number of carbonyl (C=O) groups excluding carboxylic acids is 1. The Morgan fingerprint density at radius 2 is 1.96 bits per heavy atom. The summed E-state index contributed by atoms with van der Waals surface area (Å²) in [5.41, 5.74) is 2.92. The van der Waals surface area contributed by atoms with Gasteiger partial charge in [0.1, 0.15) is 0 Å². The largest absolute Gasteiger partial charge is 0.387 e. The molecule has 2 N–H and O–H groups in total. The first-order valence-corrected chi connectivity index (χ1v) is 8.45. The molecular formula is C20H24N2O2. The van der Waals surface area contributed by atoms with E-state index in [-0.39, 0.29) is 5.91 Å². The zero-order chi connectivity index (χ0) is 16.9. The topological polar surface area (TPSA) is 52.6 Å². The number of aliphatic hydroxyl groups is 1. The van der Waals surface area contributed by atoms with Crippen LogP contribution in [-0.4, -0.2) is 28.5 Å². The third kappa shape index (κ3) is 4.66. The first kappa shape index (κ1) is 16.7.